The Morgan fingerprint density at radius 1 is 0.900 bits per heavy atom. The van der Waals surface area contributed by atoms with E-state index in [-0.39, 0.29) is 0 Å². The van der Waals surface area contributed by atoms with Crippen LogP contribution in [-0.2, 0) is 0 Å². The van der Waals surface area contributed by atoms with E-state index in [4.69, 9.17) is 4.98 Å². The molecule has 4 rings (SSSR count). The highest BCUT2D eigenvalue weighted by atomic mass is 32.1. The highest BCUT2D eigenvalue weighted by Gasteiger charge is 2.15. The largest absolute Gasteiger partial charge is 0.276 e. The molecule has 0 bridgehead atoms. The monoisotopic (exact) mass is 277 g/mol. The zero-order valence-electron chi connectivity index (χ0n) is 10.6. The van der Waals surface area contributed by atoms with Crippen LogP contribution >= 0.6 is 11.3 Å². The molecule has 3 nitrogen and oxygen atoms in total. The van der Waals surface area contributed by atoms with Gasteiger partial charge in [0.05, 0.1) is 4.88 Å². The van der Waals surface area contributed by atoms with Gasteiger partial charge >= 0.3 is 0 Å². The number of imidazole rings is 1. The molecule has 3 heterocycles. The van der Waals surface area contributed by atoms with E-state index in [1.165, 1.54) is 0 Å². The van der Waals surface area contributed by atoms with Crippen molar-refractivity contribution in [2.24, 2.45) is 0 Å². The van der Waals surface area contributed by atoms with Crippen molar-refractivity contribution in [2.45, 2.75) is 0 Å². The number of hydrogen-bond donors (Lipinski definition) is 0. The average Bonchev–Trinajstić information content (AvgIpc) is 3.15. The molecule has 0 saturated carbocycles. The van der Waals surface area contributed by atoms with Gasteiger partial charge in [-0.25, -0.2) is 9.97 Å². The summed E-state index contributed by atoms with van der Waals surface area (Å²) in [5.41, 5.74) is 2.89. The van der Waals surface area contributed by atoms with Gasteiger partial charge in [-0.05, 0) is 35.7 Å². The number of aromatic nitrogens is 3. The second-order valence-corrected chi connectivity index (χ2v) is 5.38. The smallest absolute Gasteiger partial charge is 0.164 e. The number of nitrogens with zero attached hydrogens (tertiary/aromatic N) is 3. The minimum Gasteiger partial charge on any atom is -0.276 e. The molecule has 3 aromatic heterocycles. The van der Waals surface area contributed by atoms with Crippen LogP contribution in [0.15, 0.2) is 66.2 Å². The summed E-state index contributed by atoms with van der Waals surface area (Å²) < 4.78 is 2.11. The van der Waals surface area contributed by atoms with E-state index in [0.717, 1.165) is 27.6 Å². The molecule has 4 aromatic rings. The average molecular weight is 277 g/mol. The Balaban J connectivity index is 2.09. The van der Waals surface area contributed by atoms with Crippen molar-refractivity contribution in [3.8, 4) is 16.4 Å². The van der Waals surface area contributed by atoms with E-state index in [1.807, 2.05) is 42.6 Å². The number of para-hydroxylation sites is 1. The van der Waals surface area contributed by atoms with Crippen molar-refractivity contribution in [3.63, 3.8) is 0 Å². The maximum Gasteiger partial charge on any atom is 0.164 e. The lowest BCUT2D eigenvalue weighted by atomic mass is 10.3. The molecule has 20 heavy (non-hydrogen) atoms. The first-order valence-corrected chi connectivity index (χ1v) is 7.24. The predicted molar refractivity (Wildman–Crippen MR) is 82.2 cm³/mol. The molecule has 1 aromatic carbocycles. The minimum absolute atomic E-state index is 0.891. The minimum atomic E-state index is 0.891. The van der Waals surface area contributed by atoms with E-state index in [1.54, 1.807) is 11.3 Å². The van der Waals surface area contributed by atoms with Gasteiger partial charge in [0.25, 0.3) is 0 Å². The van der Waals surface area contributed by atoms with E-state index in [2.05, 4.69) is 33.1 Å². The van der Waals surface area contributed by atoms with Crippen molar-refractivity contribution < 1.29 is 0 Å². The first-order valence-electron chi connectivity index (χ1n) is 6.36. The Morgan fingerprint density at radius 2 is 1.80 bits per heavy atom. The molecule has 0 radical (unpaired) electrons. The zero-order valence-corrected chi connectivity index (χ0v) is 11.4. The second-order valence-electron chi connectivity index (χ2n) is 4.43. The van der Waals surface area contributed by atoms with E-state index < -0.39 is 0 Å². The SMILES string of the molecule is c1ccc(-n2c(-c3cccs3)nc3cccnc32)cc1. The number of rotatable bonds is 2. The van der Waals surface area contributed by atoms with E-state index >= 15 is 0 Å². The Labute approximate surface area is 120 Å². The molecule has 0 amide bonds. The maximum absolute atomic E-state index is 4.74. The van der Waals surface area contributed by atoms with Crippen LogP contribution in [0.4, 0.5) is 0 Å². The number of fused-ring (bicyclic) bond motifs is 1. The summed E-state index contributed by atoms with van der Waals surface area (Å²) in [4.78, 5) is 10.4. The fourth-order valence-electron chi connectivity index (χ4n) is 2.31. The quantitative estimate of drug-likeness (QED) is 0.551. The fourth-order valence-corrected chi connectivity index (χ4v) is 3.01. The van der Waals surface area contributed by atoms with Crippen molar-refractivity contribution >= 4 is 22.5 Å². The molecule has 96 valence electrons. The van der Waals surface area contributed by atoms with Crippen LogP contribution in [0.3, 0.4) is 0 Å². The Hall–Kier alpha value is -2.46. The van der Waals surface area contributed by atoms with Crippen LogP contribution in [0, 0.1) is 0 Å². The standard InChI is InChI=1S/C16H11N3S/c1-2-6-12(7-3-1)19-15-13(8-4-10-17-15)18-16(19)14-9-5-11-20-14/h1-11H. The molecule has 0 N–H and O–H groups in total. The van der Waals surface area contributed by atoms with Gasteiger partial charge in [-0.2, -0.15) is 0 Å². The summed E-state index contributed by atoms with van der Waals surface area (Å²) in [7, 11) is 0. The highest BCUT2D eigenvalue weighted by Crippen LogP contribution is 2.29. The highest BCUT2D eigenvalue weighted by molar-refractivity contribution is 7.13. The van der Waals surface area contributed by atoms with Gasteiger partial charge in [-0.15, -0.1) is 11.3 Å². The molecule has 0 aliphatic heterocycles. The lowest BCUT2D eigenvalue weighted by molar-refractivity contribution is 1.08. The first kappa shape index (κ1) is 11.4. The Bertz CT molecular complexity index is 848. The normalized spacial score (nSPS) is 11.0. The Morgan fingerprint density at radius 3 is 2.60 bits per heavy atom. The predicted octanol–water partition coefficient (Wildman–Crippen LogP) is 4.15. The molecule has 0 spiro atoms. The molecule has 0 aliphatic rings. The van der Waals surface area contributed by atoms with Crippen LogP contribution < -0.4 is 0 Å². The molecule has 0 atom stereocenters. The summed E-state index contributed by atoms with van der Waals surface area (Å²) in [6.45, 7) is 0. The zero-order chi connectivity index (χ0) is 13.4. The third-order valence-corrected chi connectivity index (χ3v) is 4.04. The number of benzene rings is 1. The summed E-state index contributed by atoms with van der Waals surface area (Å²) in [6, 6.07) is 18.3. The lowest BCUT2D eigenvalue weighted by Gasteiger charge is -2.07. The summed E-state index contributed by atoms with van der Waals surface area (Å²) in [5.74, 6) is 0.944. The molecule has 4 heteroatoms. The van der Waals surface area contributed by atoms with E-state index in [9.17, 15) is 0 Å². The molecular weight excluding hydrogens is 266 g/mol. The topological polar surface area (TPSA) is 30.7 Å². The van der Waals surface area contributed by atoms with Crippen LogP contribution in [0.1, 0.15) is 0 Å². The third kappa shape index (κ3) is 1.73. The summed E-state index contributed by atoms with van der Waals surface area (Å²) in [6.07, 6.45) is 1.81. The molecule has 0 aliphatic carbocycles. The van der Waals surface area contributed by atoms with Crippen molar-refractivity contribution in [1.82, 2.24) is 14.5 Å². The van der Waals surface area contributed by atoms with Gasteiger partial charge in [0.2, 0.25) is 0 Å². The first-order chi connectivity index (χ1) is 9.93. The van der Waals surface area contributed by atoms with Crippen LogP contribution in [0.5, 0.6) is 0 Å². The van der Waals surface area contributed by atoms with Gasteiger partial charge in [-0.3, -0.25) is 4.57 Å². The van der Waals surface area contributed by atoms with Crippen LogP contribution in [-0.4, -0.2) is 14.5 Å². The van der Waals surface area contributed by atoms with E-state index in [0.29, 0.717) is 0 Å². The van der Waals surface area contributed by atoms with Gasteiger partial charge in [0, 0.05) is 11.9 Å². The summed E-state index contributed by atoms with van der Waals surface area (Å²) in [5, 5.41) is 2.07. The van der Waals surface area contributed by atoms with Gasteiger partial charge in [-0.1, -0.05) is 24.3 Å². The summed E-state index contributed by atoms with van der Waals surface area (Å²) >= 11 is 1.69. The van der Waals surface area contributed by atoms with Crippen LogP contribution in [0.2, 0.25) is 0 Å². The van der Waals surface area contributed by atoms with Crippen molar-refractivity contribution in [1.29, 1.82) is 0 Å². The second kappa shape index (κ2) is 4.58. The molecule has 0 unspecified atom stereocenters. The van der Waals surface area contributed by atoms with Gasteiger partial charge in [0.15, 0.2) is 11.5 Å². The number of thiophene rings is 1. The molecule has 0 fully saturated rings. The number of pyridine rings is 1. The third-order valence-electron chi connectivity index (χ3n) is 3.17. The molecular formula is C16H11N3S. The van der Waals surface area contributed by atoms with Crippen molar-refractivity contribution in [2.75, 3.05) is 0 Å². The Kier molecular flexibility index (Phi) is 2.60. The van der Waals surface area contributed by atoms with Crippen LogP contribution in [0.25, 0.3) is 27.6 Å². The molecule has 0 saturated heterocycles. The fraction of sp³-hybridized carbons (Fsp3) is 0. The lowest BCUT2D eigenvalue weighted by Crippen LogP contribution is -1.97. The van der Waals surface area contributed by atoms with Crippen molar-refractivity contribution in [3.05, 3.63) is 66.2 Å². The van der Waals surface area contributed by atoms with Gasteiger partial charge in [0.1, 0.15) is 5.52 Å². The number of hydrogen-bond acceptors (Lipinski definition) is 3. The maximum atomic E-state index is 4.74. The van der Waals surface area contributed by atoms with Gasteiger partial charge < -0.3 is 0 Å².